The second kappa shape index (κ2) is 9.12. The minimum atomic E-state index is -0.335. The molecule has 0 saturated carbocycles. The number of likely N-dealkylation sites (tertiary alicyclic amines) is 1. The van der Waals surface area contributed by atoms with Gasteiger partial charge in [0.05, 0.1) is 17.8 Å². The second-order valence-corrected chi connectivity index (χ2v) is 6.86. The fraction of sp³-hybridized carbons (Fsp3) is 0.333. The van der Waals surface area contributed by atoms with Crippen molar-refractivity contribution in [2.75, 3.05) is 23.7 Å². The van der Waals surface area contributed by atoms with Crippen molar-refractivity contribution in [3.8, 4) is 0 Å². The number of hydrogen-bond acceptors (Lipinski definition) is 4. The molecule has 3 amide bonds. The van der Waals surface area contributed by atoms with E-state index in [1.807, 2.05) is 0 Å². The monoisotopic (exact) mass is 380 g/mol. The Labute approximate surface area is 164 Å². The zero-order valence-electron chi connectivity index (χ0n) is 15.9. The average molecular weight is 380 g/mol. The van der Waals surface area contributed by atoms with Gasteiger partial charge in [0.2, 0.25) is 11.8 Å². The molecule has 0 bridgehead atoms. The fourth-order valence-corrected chi connectivity index (χ4v) is 3.10. The summed E-state index contributed by atoms with van der Waals surface area (Å²) in [5.41, 5.74) is 1.69. The van der Waals surface area contributed by atoms with E-state index in [4.69, 9.17) is 0 Å². The quantitative estimate of drug-likeness (QED) is 0.773. The number of benzene rings is 1. The van der Waals surface area contributed by atoms with Crippen molar-refractivity contribution >= 4 is 29.1 Å². The van der Waals surface area contributed by atoms with Gasteiger partial charge in [-0.1, -0.05) is 13.3 Å². The average Bonchev–Trinajstić information content (AvgIpc) is 3.08. The van der Waals surface area contributed by atoms with E-state index < -0.39 is 0 Å². The Bertz CT molecular complexity index is 836. The van der Waals surface area contributed by atoms with E-state index in [1.54, 1.807) is 53.7 Å². The van der Waals surface area contributed by atoms with E-state index in [1.165, 1.54) is 0 Å². The molecule has 1 unspecified atom stereocenters. The highest BCUT2D eigenvalue weighted by Gasteiger charge is 2.33. The van der Waals surface area contributed by atoms with Gasteiger partial charge >= 0.3 is 0 Å². The molecule has 0 aliphatic carbocycles. The molecule has 1 aliphatic heterocycles. The van der Waals surface area contributed by atoms with E-state index in [0.717, 1.165) is 12.8 Å². The summed E-state index contributed by atoms with van der Waals surface area (Å²) >= 11 is 0. The van der Waals surface area contributed by atoms with Crippen LogP contribution in [0.5, 0.6) is 0 Å². The molecule has 3 rings (SSSR count). The van der Waals surface area contributed by atoms with Crippen LogP contribution < -0.4 is 10.6 Å². The van der Waals surface area contributed by atoms with Crippen LogP contribution >= 0.6 is 0 Å². The van der Waals surface area contributed by atoms with Gasteiger partial charge in [0, 0.05) is 37.0 Å². The van der Waals surface area contributed by atoms with Crippen molar-refractivity contribution in [3.05, 3.63) is 54.4 Å². The maximum atomic E-state index is 12.5. The SMILES string of the molecule is CCCCN1CC(C(=O)Nc2ccc(C(=O)Nc3cccnc3)cc2)CC1=O. The fourth-order valence-electron chi connectivity index (χ4n) is 3.10. The number of unbranched alkanes of at least 4 members (excludes halogenated alkanes) is 1. The lowest BCUT2D eigenvalue weighted by atomic mass is 10.1. The molecule has 1 aromatic heterocycles. The minimum Gasteiger partial charge on any atom is -0.342 e. The van der Waals surface area contributed by atoms with Crippen LogP contribution in [-0.4, -0.2) is 40.7 Å². The molecule has 1 saturated heterocycles. The van der Waals surface area contributed by atoms with Crippen LogP contribution in [0.1, 0.15) is 36.5 Å². The van der Waals surface area contributed by atoms with E-state index in [-0.39, 0.29) is 30.1 Å². The van der Waals surface area contributed by atoms with Crippen molar-refractivity contribution in [1.29, 1.82) is 0 Å². The standard InChI is InChI=1S/C21H24N4O3/c1-2-3-11-25-14-16(12-19(25)26)21(28)23-17-8-6-15(7-9-17)20(27)24-18-5-4-10-22-13-18/h4-10,13,16H,2-3,11-12,14H2,1H3,(H,23,28)(H,24,27). The van der Waals surface area contributed by atoms with Crippen LogP contribution in [0.4, 0.5) is 11.4 Å². The maximum Gasteiger partial charge on any atom is 0.255 e. The Morgan fingerprint density at radius 1 is 1.14 bits per heavy atom. The van der Waals surface area contributed by atoms with E-state index in [9.17, 15) is 14.4 Å². The molecule has 1 aliphatic rings. The molecule has 1 aromatic carbocycles. The number of anilines is 2. The third-order valence-electron chi connectivity index (χ3n) is 4.70. The highest BCUT2D eigenvalue weighted by molar-refractivity contribution is 6.04. The molecular weight excluding hydrogens is 356 g/mol. The number of aromatic nitrogens is 1. The highest BCUT2D eigenvalue weighted by atomic mass is 16.2. The highest BCUT2D eigenvalue weighted by Crippen LogP contribution is 2.21. The summed E-state index contributed by atoms with van der Waals surface area (Å²) in [5.74, 6) is -0.715. The number of nitrogens with one attached hydrogen (secondary N) is 2. The van der Waals surface area contributed by atoms with E-state index in [0.29, 0.717) is 30.0 Å². The summed E-state index contributed by atoms with van der Waals surface area (Å²) in [6, 6.07) is 10.2. The number of carbonyl (C=O) groups is 3. The number of nitrogens with zero attached hydrogens (tertiary/aromatic N) is 2. The van der Waals surface area contributed by atoms with Gasteiger partial charge in [0.25, 0.3) is 5.91 Å². The smallest absolute Gasteiger partial charge is 0.255 e. The van der Waals surface area contributed by atoms with Crippen LogP contribution in [0.2, 0.25) is 0 Å². The summed E-state index contributed by atoms with van der Waals surface area (Å²) in [5, 5.41) is 5.60. The van der Waals surface area contributed by atoms with Crippen molar-refractivity contribution in [3.63, 3.8) is 0 Å². The topological polar surface area (TPSA) is 91.4 Å². The van der Waals surface area contributed by atoms with Crippen LogP contribution in [-0.2, 0) is 9.59 Å². The lowest BCUT2D eigenvalue weighted by Gasteiger charge is -2.16. The first-order valence-corrected chi connectivity index (χ1v) is 9.47. The molecule has 2 N–H and O–H groups in total. The van der Waals surface area contributed by atoms with Crippen molar-refractivity contribution in [1.82, 2.24) is 9.88 Å². The summed E-state index contributed by atoms with van der Waals surface area (Å²) in [7, 11) is 0. The summed E-state index contributed by atoms with van der Waals surface area (Å²) in [4.78, 5) is 42.4. The van der Waals surface area contributed by atoms with Crippen molar-refractivity contribution in [2.24, 2.45) is 5.92 Å². The zero-order valence-corrected chi connectivity index (χ0v) is 15.9. The van der Waals surface area contributed by atoms with Crippen LogP contribution in [0.3, 0.4) is 0 Å². The number of pyridine rings is 1. The molecular formula is C21H24N4O3. The van der Waals surface area contributed by atoms with Gasteiger partial charge in [0.1, 0.15) is 0 Å². The van der Waals surface area contributed by atoms with Gasteiger partial charge in [0.15, 0.2) is 0 Å². The summed E-state index contributed by atoms with van der Waals surface area (Å²) in [6.07, 6.45) is 5.42. The summed E-state index contributed by atoms with van der Waals surface area (Å²) < 4.78 is 0. The first-order valence-electron chi connectivity index (χ1n) is 9.47. The van der Waals surface area contributed by atoms with Gasteiger partial charge in [-0.15, -0.1) is 0 Å². The molecule has 28 heavy (non-hydrogen) atoms. The first-order chi connectivity index (χ1) is 13.6. The lowest BCUT2D eigenvalue weighted by Crippen LogP contribution is -2.29. The number of carbonyl (C=O) groups excluding carboxylic acids is 3. The van der Waals surface area contributed by atoms with Crippen LogP contribution in [0.15, 0.2) is 48.8 Å². The van der Waals surface area contributed by atoms with Crippen LogP contribution in [0.25, 0.3) is 0 Å². The lowest BCUT2D eigenvalue weighted by molar-refractivity contribution is -0.128. The van der Waals surface area contributed by atoms with Gasteiger partial charge in [-0.25, -0.2) is 0 Å². The number of rotatable bonds is 7. The molecule has 146 valence electrons. The van der Waals surface area contributed by atoms with Crippen molar-refractivity contribution < 1.29 is 14.4 Å². The second-order valence-electron chi connectivity index (χ2n) is 6.86. The third kappa shape index (κ3) is 4.94. The first kappa shape index (κ1) is 19.5. The summed E-state index contributed by atoms with van der Waals surface area (Å²) in [6.45, 7) is 3.25. The minimum absolute atomic E-state index is 0.0380. The molecule has 2 heterocycles. The number of hydrogen-bond donors (Lipinski definition) is 2. The van der Waals surface area contributed by atoms with Gasteiger partial charge in [-0.3, -0.25) is 19.4 Å². The Kier molecular flexibility index (Phi) is 6.37. The molecule has 2 aromatic rings. The third-order valence-corrected chi connectivity index (χ3v) is 4.70. The van der Waals surface area contributed by atoms with Crippen LogP contribution in [0, 0.1) is 5.92 Å². The molecule has 0 radical (unpaired) electrons. The van der Waals surface area contributed by atoms with Gasteiger partial charge in [-0.05, 0) is 42.8 Å². The molecule has 1 atom stereocenters. The molecule has 7 heteroatoms. The Balaban J connectivity index is 1.54. The molecule has 0 spiro atoms. The Hall–Kier alpha value is -3.22. The Morgan fingerprint density at radius 3 is 2.61 bits per heavy atom. The molecule has 1 fully saturated rings. The van der Waals surface area contributed by atoms with Gasteiger partial charge in [-0.2, -0.15) is 0 Å². The predicted molar refractivity (Wildman–Crippen MR) is 107 cm³/mol. The Morgan fingerprint density at radius 2 is 1.93 bits per heavy atom. The van der Waals surface area contributed by atoms with Crippen molar-refractivity contribution in [2.45, 2.75) is 26.2 Å². The largest absolute Gasteiger partial charge is 0.342 e. The van der Waals surface area contributed by atoms with E-state index >= 15 is 0 Å². The number of amides is 3. The molecule has 7 nitrogen and oxygen atoms in total. The normalized spacial score (nSPS) is 16.1. The van der Waals surface area contributed by atoms with E-state index in [2.05, 4.69) is 22.5 Å². The predicted octanol–water partition coefficient (Wildman–Crippen LogP) is 2.92. The van der Waals surface area contributed by atoms with Gasteiger partial charge < -0.3 is 15.5 Å². The zero-order chi connectivity index (χ0) is 19.9. The maximum absolute atomic E-state index is 12.5.